The van der Waals surface area contributed by atoms with Crippen molar-refractivity contribution < 1.29 is 6.26 Å². The molecule has 0 radical (unpaired) electrons. The Labute approximate surface area is 34.1 Å². The Hall–Kier alpha value is 0.260. The van der Waals surface area contributed by atoms with Crippen molar-refractivity contribution in [3.8, 4) is 0 Å². The van der Waals surface area contributed by atoms with Crippen LogP contribution in [0.5, 0.6) is 0 Å². The van der Waals surface area contributed by atoms with Gasteiger partial charge in [-0.15, -0.1) is 0 Å². The number of hydrogen-bond donors (Lipinski definition) is 1. The lowest BCUT2D eigenvalue weighted by molar-refractivity contribution is 0.633. The first kappa shape index (κ1) is 3.45. The van der Waals surface area contributed by atoms with Gasteiger partial charge < -0.3 is 4.89 Å². The van der Waals surface area contributed by atoms with Crippen LogP contribution in [0.1, 0.15) is 1.37 Å². The van der Waals surface area contributed by atoms with Gasteiger partial charge in [-0.2, -0.15) is 0 Å². The van der Waals surface area contributed by atoms with Gasteiger partial charge in [0.05, 0.1) is 0 Å². The fraction of sp³-hybridized carbons (Fsp3) is 0.667. The molecule has 0 bridgehead atoms. The standard InChI is InChI=1S/C3H9OP/c1-5(2,3)4/h4H,1H2,2-3H3/i2T. The summed E-state index contributed by atoms with van der Waals surface area (Å²) in [6, 6.07) is 0. The van der Waals surface area contributed by atoms with E-state index in [2.05, 4.69) is 6.30 Å². The van der Waals surface area contributed by atoms with Gasteiger partial charge in [-0.1, -0.05) is 6.30 Å². The van der Waals surface area contributed by atoms with Crippen LogP contribution in [0.15, 0.2) is 0 Å². The highest BCUT2D eigenvalue weighted by molar-refractivity contribution is 7.66. The van der Waals surface area contributed by atoms with E-state index in [1.54, 1.807) is 6.66 Å². The summed E-state index contributed by atoms with van der Waals surface area (Å²) in [5.74, 6) is 0. The van der Waals surface area contributed by atoms with Gasteiger partial charge in [0, 0.05) is 1.37 Å². The van der Waals surface area contributed by atoms with Crippen molar-refractivity contribution in [2.24, 2.45) is 0 Å². The predicted octanol–water partition coefficient (Wildman–Crippen LogP) is 0.603. The van der Waals surface area contributed by atoms with Crippen LogP contribution in [-0.4, -0.2) is 24.5 Å². The minimum atomic E-state index is -1.98. The molecule has 0 aliphatic carbocycles. The van der Waals surface area contributed by atoms with Crippen molar-refractivity contribution in [3.63, 3.8) is 0 Å². The van der Waals surface area contributed by atoms with Crippen molar-refractivity contribution in [1.82, 2.24) is 0 Å². The highest BCUT2D eigenvalue weighted by atomic mass is 31.2. The van der Waals surface area contributed by atoms with Gasteiger partial charge >= 0.3 is 0 Å². The Morgan fingerprint density at radius 2 is 2.40 bits per heavy atom. The maximum absolute atomic E-state index is 8.64. The molecule has 0 spiro atoms. The first-order valence-electron chi connectivity index (χ1n) is 1.99. The molecular formula is C3H9OP. The summed E-state index contributed by atoms with van der Waals surface area (Å²) >= 11 is 0. The molecule has 5 heavy (non-hydrogen) atoms. The van der Waals surface area contributed by atoms with Gasteiger partial charge in [0.15, 0.2) is 0 Å². The summed E-state index contributed by atoms with van der Waals surface area (Å²) in [4.78, 5) is 8.64. The van der Waals surface area contributed by atoms with Crippen LogP contribution in [0.25, 0.3) is 0 Å². The van der Waals surface area contributed by atoms with Crippen LogP contribution in [0.2, 0.25) is 0 Å². The van der Waals surface area contributed by atoms with Crippen LogP contribution < -0.4 is 0 Å². The van der Waals surface area contributed by atoms with E-state index in [-0.39, 0.29) is 6.64 Å². The van der Waals surface area contributed by atoms with E-state index in [1.807, 2.05) is 0 Å². The van der Waals surface area contributed by atoms with E-state index in [4.69, 9.17) is 6.26 Å². The molecule has 0 aromatic heterocycles. The lowest BCUT2D eigenvalue weighted by atomic mass is 11.9. The summed E-state index contributed by atoms with van der Waals surface area (Å²) in [5.41, 5.74) is 0. The fourth-order valence-electron chi connectivity index (χ4n) is 0. The second kappa shape index (κ2) is 1.16. The van der Waals surface area contributed by atoms with Crippen molar-refractivity contribution in [2.75, 3.05) is 13.3 Å². The zero-order valence-electron chi connectivity index (χ0n) is 4.31. The molecule has 0 heterocycles. The molecule has 1 N–H and O–H groups in total. The Balaban J connectivity index is 3.48. The molecular weight excluding hydrogens is 83.0 g/mol. The normalized spacial score (nSPS) is 24.0. The summed E-state index contributed by atoms with van der Waals surface area (Å²) in [6.45, 7) is 1.69. The first-order chi connectivity index (χ1) is 2.56. The molecule has 0 saturated heterocycles. The van der Waals surface area contributed by atoms with E-state index in [1.165, 1.54) is 0 Å². The smallest absolute Gasteiger partial charge is 0.0301 e. The average Bonchev–Trinajstić information content (AvgIpc) is 1.35. The molecule has 1 atom stereocenters. The molecule has 2 heteroatoms. The van der Waals surface area contributed by atoms with Crippen molar-refractivity contribution in [3.05, 3.63) is 0 Å². The summed E-state index contributed by atoms with van der Waals surface area (Å²) < 4.78 is 6.59. The third-order valence-corrected chi connectivity index (χ3v) is 0. The molecule has 0 fully saturated rings. The maximum atomic E-state index is 8.64. The van der Waals surface area contributed by atoms with E-state index >= 15 is 0 Å². The van der Waals surface area contributed by atoms with Crippen LogP contribution >= 0.6 is 7.11 Å². The average molecular weight is 94.1 g/mol. The molecule has 0 aliphatic rings. The van der Waals surface area contributed by atoms with Gasteiger partial charge in [-0.3, -0.25) is 0 Å². The van der Waals surface area contributed by atoms with Crippen LogP contribution in [0.4, 0.5) is 0 Å². The molecule has 1 unspecified atom stereocenters. The quantitative estimate of drug-likeness (QED) is 0.436. The van der Waals surface area contributed by atoms with Crippen LogP contribution in [-0.2, 0) is 0 Å². The van der Waals surface area contributed by atoms with E-state index in [9.17, 15) is 0 Å². The van der Waals surface area contributed by atoms with Crippen molar-refractivity contribution in [2.45, 2.75) is 0 Å². The van der Waals surface area contributed by atoms with Gasteiger partial charge in [-0.05, 0) is 20.4 Å². The monoisotopic (exact) mass is 94.0 g/mol. The molecule has 32 valence electrons. The second-order valence-electron chi connectivity index (χ2n) is 1.34. The van der Waals surface area contributed by atoms with E-state index in [0.29, 0.717) is 0 Å². The molecule has 0 aliphatic heterocycles. The highest BCUT2D eigenvalue weighted by Gasteiger charge is 1.81. The summed E-state index contributed by atoms with van der Waals surface area (Å²) in [7, 11) is -1.98. The Morgan fingerprint density at radius 1 is 2.20 bits per heavy atom. The molecule has 0 aromatic rings. The Bertz CT molecular complexity index is 74.9. The second-order valence-corrected chi connectivity index (χ2v) is 4.02. The first-order valence-corrected chi connectivity index (χ1v) is 3.84. The lowest BCUT2D eigenvalue weighted by Crippen LogP contribution is -1.64. The maximum Gasteiger partial charge on any atom is 0.0301 e. The zero-order valence-corrected chi connectivity index (χ0v) is 4.20. The lowest BCUT2D eigenvalue weighted by Gasteiger charge is -1.95. The van der Waals surface area contributed by atoms with E-state index < -0.39 is 7.11 Å². The SMILES string of the molecule is [3H]CP(=C)(C)O. The topological polar surface area (TPSA) is 20.2 Å². The molecule has 1 nitrogen and oxygen atoms in total. The van der Waals surface area contributed by atoms with Crippen molar-refractivity contribution >= 4 is 13.4 Å². The van der Waals surface area contributed by atoms with Gasteiger partial charge in [0.1, 0.15) is 0 Å². The van der Waals surface area contributed by atoms with E-state index in [0.717, 1.165) is 0 Å². The minimum absolute atomic E-state index is 0.0764. The van der Waals surface area contributed by atoms with Gasteiger partial charge in [0.25, 0.3) is 0 Å². The number of rotatable bonds is 0. The minimum Gasteiger partial charge on any atom is -0.377 e. The Morgan fingerprint density at radius 3 is 2.40 bits per heavy atom. The molecule has 0 rings (SSSR count). The van der Waals surface area contributed by atoms with Crippen molar-refractivity contribution in [1.29, 1.82) is 0 Å². The molecule has 0 aromatic carbocycles. The van der Waals surface area contributed by atoms with Crippen LogP contribution in [0, 0.1) is 0 Å². The molecule has 0 saturated carbocycles. The molecule has 0 amide bonds. The third-order valence-electron chi connectivity index (χ3n) is 0. The third kappa shape index (κ3) is 322. The summed E-state index contributed by atoms with van der Waals surface area (Å²) in [6.07, 6.45) is 3.37. The number of hydrogen-bond acceptors (Lipinski definition) is 1. The predicted molar refractivity (Wildman–Crippen MR) is 28.1 cm³/mol. The Kier molecular flexibility index (Phi) is 0.797. The fourth-order valence-corrected chi connectivity index (χ4v) is 0. The van der Waals surface area contributed by atoms with Gasteiger partial charge in [0.2, 0.25) is 0 Å². The highest BCUT2D eigenvalue weighted by Crippen LogP contribution is 2.26. The van der Waals surface area contributed by atoms with Gasteiger partial charge in [-0.25, -0.2) is 0 Å². The largest absolute Gasteiger partial charge is 0.377 e. The van der Waals surface area contributed by atoms with Crippen LogP contribution in [0.3, 0.4) is 0 Å². The zero-order chi connectivity index (χ0) is 5.21. The summed E-state index contributed by atoms with van der Waals surface area (Å²) in [5, 5.41) is 0.